The van der Waals surface area contributed by atoms with Crippen molar-refractivity contribution in [2.75, 3.05) is 26.7 Å². The molecule has 3 atom stereocenters. The Morgan fingerprint density at radius 3 is 2.74 bits per heavy atom. The van der Waals surface area contributed by atoms with Gasteiger partial charge in [0, 0.05) is 42.8 Å². The molecule has 0 radical (unpaired) electrons. The van der Waals surface area contributed by atoms with Crippen molar-refractivity contribution in [1.29, 1.82) is 0 Å². The lowest BCUT2D eigenvalue weighted by molar-refractivity contribution is -0.132. The van der Waals surface area contributed by atoms with E-state index in [9.17, 15) is 19.1 Å². The highest BCUT2D eigenvalue weighted by Gasteiger charge is 2.37. The maximum absolute atomic E-state index is 13.5. The van der Waals surface area contributed by atoms with Gasteiger partial charge in [0.25, 0.3) is 5.91 Å². The van der Waals surface area contributed by atoms with Crippen LogP contribution in [0.25, 0.3) is 0 Å². The first kappa shape index (κ1) is 24.7. The summed E-state index contributed by atoms with van der Waals surface area (Å²) in [6.45, 7) is 4.29. The monoisotopic (exact) mass is 479 g/mol. The molecule has 2 heterocycles. The molecule has 8 heteroatoms. The molecule has 1 aromatic carbocycles. The molecule has 0 unspecified atom stereocenters. The molecular weight excluding hydrogens is 449 g/mol. The van der Waals surface area contributed by atoms with E-state index in [-0.39, 0.29) is 53.6 Å². The van der Waals surface area contributed by atoms with Gasteiger partial charge in [-0.3, -0.25) is 9.59 Å². The van der Waals surface area contributed by atoms with Crippen LogP contribution in [-0.2, 0) is 4.79 Å². The van der Waals surface area contributed by atoms with Crippen LogP contribution in [0, 0.1) is 29.5 Å². The fourth-order valence-corrected chi connectivity index (χ4v) is 4.10. The molecule has 4 rings (SSSR count). The quantitative estimate of drug-likeness (QED) is 0.667. The maximum Gasteiger partial charge on any atom is 0.259 e. The van der Waals surface area contributed by atoms with Crippen LogP contribution in [0.3, 0.4) is 0 Å². The summed E-state index contributed by atoms with van der Waals surface area (Å²) < 4.78 is 19.7. The molecule has 35 heavy (non-hydrogen) atoms. The second kappa shape index (κ2) is 10.4. The smallest absolute Gasteiger partial charge is 0.259 e. The van der Waals surface area contributed by atoms with Crippen LogP contribution in [0.15, 0.2) is 36.5 Å². The number of carbonyl (C=O) groups is 2. The fourth-order valence-electron chi connectivity index (χ4n) is 4.10. The molecule has 0 bridgehead atoms. The zero-order chi connectivity index (χ0) is 25.1. The highest BCUT2D eigenvalue weighted by Crippen LogP contribution is 2.32. The number of benzene rings is 1. The first-order chi connectivity index (χ1) is 16.8. The van der Waals surface area contributed by atoms with Crippen molar-refractivity contribution in [3.05, 3.63) is 59.0 Å². The number of hydrogen-bond acceptors (Lipinski definition) is 5. The summed E-state index contributed by atoms with van der Waals surface area (Å²) in [7, 11) is 1.77. The predicted molar refractivity (Wildman–Crippen MR) is 128 cm³/mol. The van der Waals surface area contributed by atoms with Crippen LogP contribution in [-0.4, -0.2) is 70.6 Å². The summed E-state index contributed by atoms with van der Waals surface area (Å²) in [5, 5.41) is 9.79. The summed E-state index contributed by atoms with van der Waals surface area (Å²) in [5.41, 5.74) is 1.23. The largest absolute Gasteiger partial charge is 0.472 e. The Morgan fingerprint density at radius 1 is 1.31 bits per heavy atom. The molecule has 1 aromatic heterocycles. The molecular formula is C27H30FN3O4. The van der Waals surface area contributed by atoms with Crippen LogP contribution in [0.5, 0.6) is 5.88 Å². The number of likely N-dealkylation sites (N-methyl/N-ethyl adjacent to an activating group) is 1. The van der Waals surface area contributed by atoms with Gasteiger partial charge in [0.1, 0.15) is 17.5 Å². The Hall–Kier alpha value is -3.44. The molecule has 0 spiro atoms. The van der Waals surface area contributed by atoms with Gasteiger partial charge < -0.3 is 19.6 Å². The minimum Gasteiger partial charge on any atom is -0.472 e. The Balaban J connectivity index is 1.66. The SMILES string of the molecule is C[C@H]1CN([C@@H](C)CO)C(=O)c2cc(C#Cc3cccc(F)c3)cnc2O[C@@H]1CN(C)C(=O)C1CC1. The summed E-state index contributed by atoms with van der Waals surface area (Å²) >= 11 is 0. The van der Waals surface area contributed by atoms with E-state index in [2.05, 4.69) is 16.8 Å². The first-order valence-corrected chi connectivity index (χ1v) is 11.9. The first-order valence-electron chi connectivity index (χ1n) is 11.9. The van der Waals surface area contributed by atoms with E-state index in [1.165, 1.54) is 18.3 Å². The van der Waals surface area contributed by atoms with Crippen molar-refractivity contribution in [1.82, 2.24) is 14.8 Å². The second-order valence-corrected chi connectivity index (χ2v) is 9.45. The number of aliphatic hydroxyl groups is 1. The standard InChI is InChI=1S/C27H30FN3O4/c1-17-14-31(18(2)16-32)27(34)23-12-20(8-7-19-5-4-6-22(28)11-19)13-29-25(23)35-24(17)15-30(3)26(33)21-9-10-21/h4-6,11-13,17-18,21,24,32H,9-10,14-16H2,1-3H3/t17-,18-,24+/m0/s1. The third-order valence-electron chi connectivity index (χ3n) is 6.45. The molecule has 2 aliphatic rings. The highest BCUT2D eigenvalue weighted by molar-refractivity contribution is 5.97. The highest BCUT2D eigenvalue weighted by atomic mass is 19.1. The number of ether oxygens (including phenoxy) is 1. The van der Waals surface area contributed by atoms with Gasteiger partial charge >= 0.3 is 0 Å². The van der Waals surface area contributed by atoms with E-state index in [0.29, 0.717) is 24.2 Å². The molecule has 1 saturated carbocycles. The molecule has 2 aromatic rings. The van der Waals surface area contributed by atoms with Crippen LogP contribution >= 0.6 is 0 Å². The number of rotatable bonds is 5. The van der Waals surface area contributed by atoms with E-state index in [1.807, 2.05) is 6.92 Å². The molecule has 1 aliphatic heterocycles. The predicted octanol–water partition coefficient (Wildman–Crippen LogP) is 2.71. The molecule has 7 nitrogen and oxygen atoms in total. The molecule has 1 aliphatic carbocycles. The Morgan fingerprint density at radius 2 is 2.06 bits per heavy atom. The number of aromatic nitrogens is 1. The Kier molecular flexibility index (Phi) is 7.37. The van der Waals surface area contributed by atoms with Crippen molar-refractivity contribution in [2.24, 2.45) is 11.8 Å². The molecule has 184 valence electrons. The van der Waals surface area contributed by atoms with Crippen molar-refractivity contribution in [3.8, 4) is 17.7 Å². The van der Waals surface area contributed by atoms with Crippen LogP contribution in [0.4, 0.5) is 4.39 Å². The van der Waals surface area contributed by atoms with Crippen LogP contribution in [0.2, 0.25) is 0 Å². The minimum atomic E-state index is -0.413. The van der Waals surface area contributed by atoms with E-state index >= 15 is 0 Å². The van der Waals surface area contributed by atoms with E-state index in [4.69, 9.17) is 4.74 Å². The molecule has 0 saturated heterocycles. The number of aliphatic hydroxyl groups excluding tert-OH is 1. The number of pyridine rings is 1. The van der Waals surface area contributed by atoms with Gasteiger partial charge in [-0.1, -0.05) is 24.8 Å². The minimum absolute atomic E-state index is 0.0981. The van der Waals surface area contributed by atoms with Crippen LogP contribution in [0.1, 0.15) is 48.2 Å². The normalized spacial score (nSPS) is 20.5. The van der Waals surface area contributed by atoms with E-state index < -0.39 is 6.04 Å². The van der Waals surface area contributed by atoms with Crippen LogP contribution < -0.4 is 4.74 Å². The van der Waals surface area contributed by atoms with E-state index in [0.717, 1.165) is 12.8 Å². The number of nitrogens with zero attached hydrogens (tertiary/aromatic N) is 3. The zero-order valence-corrected chi connectivity index (χ0v) is 20.2. The fraction of sp³-hybridized carbons (Fsp3) is 0.444. The van der Waals surface area contributed by atoms with Crippen molar-refractivity contribution in [3.63, 3.8) is 0 Å². The third kappa shape index (κ3) is 5.80. The lowest BCUT2D eigenvalue weighted by Crippen LogP contribution is -2.50. The topological polar surface area (TPSA) is 83.0 Å². The maximum atomic E-state index is 13.5. The summed E-state index contributed by atoms with van der Waals surface area (Å²) in [6, 6.07) is 7.15. The average molecular weight is 480 g/mol. The number of fused-ring (bicyclic) bond motifs is 1. The zero-order valence-electron chi connectivity index (χ0n) is 20.2. The Bertz CT molecular complexity index is 1170. The average Bonchev–Trinajstić information content (AvgIpc) is 3.69. The molecule has 2 amide bonds. The van der Waals surface area contributed by atoms with Crippen molar-refractivity contribution < 1.29 is 23.8 Å². The lowest BCUT2D eigenvalue weighted by atomic mass is 9.99. The van der Waals surface area contributed by atoms with Crippen molar-refractivity contribution in [2.45, 2.75) is 38.8 Å². The van der Waals surface area contributed by atoms with Crippen molar-refractivity contribution >= 4 is 11.8 Å². The summed E-state index contributed by atoms with van der Waals surface area (Å²) in [6.07, 6.45) is 2.97. The van der Waals surface area contributed by atoms with Gasteiger partial charge in [0.2, 0.25) is 11.8 Å². The van der Waals surface area contributed by atoms with Gasteiger partial charge in [-0.2, -0.15) is 0 Å². The van der Waals surface area contributed by atoms with Gasteiger partial charge in [-0.05, 0) is 44.0 Å². The Labute approximate surface area is 204 Å². The number of amides is 2. The summed E-state index contributed by atoms with van der Waals surface area (Å²) in [5.74, 6) is 5.40. The lowest BCUT2D eigenvalue weighted by Gasteiger charge is -2.37. The van der Waals surface area contributed by atoms with E-state index in [1.54, 1.807) is 42.0 Å². The second-order valence-electron chi connectivity index (χ2n) is 9.45. The number of carbonyl (C=O) groups excluding carboxylic acids is 2. The molecule has 1 fully saturated rings. The van der Waals surface area contributed by atoms with Gasteiger partial charge in [0.05, 0.1) is 19.2 Å². The van der Waals surface area contributed by atoms with Gasteiger partial charge in [-0.15, -0.1) is 0 Å². The number of hydrogen-bond donors (Lipinski definition) is 1. The molecule has 1 N–H and O–H groups in total. The van der Waals surface area contributed by atoms with Gasteiger partial charge in [-0.25, -0.2) is 9.37 Å². The van der Waals surface area contributed by atoms with Gasteiger partial charge in [0.15, 0.2) is 0 Å². The number of halogens is 1. The third-order valence-corrected chi connectivity index (χ3v) is 6.45. The summed E-state index contributed by atoms with van der Waals surface area (Å²) in [4.78, 5) is 33.7.